The molecule has 1 rings (SSSR count). The highest BCUT2D eigenvalue weighted by Gasteiger charge is 2.30. The second-order valence-electron chi connectivity index (χ2n) is 6.44. The number of hydrogen-bond donors (Lipinski definition) is 2. The minimum Gasteiger partial charge on any atom is -0.375 e. The molecule has 0 unspecified atom stereocenters. The molecule has 0 saturated carbocycles. The molecule has 0 aliphatic carbocycles. The van der Waals surface area contributed by atoms with Gasteiger partial charge in [0.05, 0.1) is 6.04 Å². The van der Waals surface area contributed by atoms with Gasteiger partial charge in [-0.2, -0.15) is 0 Å². The van der Waals surface area contributed by atoms with Crippen molar-refractivity contribution in [1.82, 2.24) is 10.2 Å². The second kappa shape index (κ2) is 7.04. The van der Waals surface area contributed by atoms with E-state index in [-0.39, 0.29) is 29.9 Å². The first-order valence-corrected chi connectivity index (χ1v) is 7.08. The fourth-order valence-corrected chi connectivity index (χ4v) is 2.17. The summed E-state index contributed by atoms with van der Waals surface area (Å²) in [5, 5.41) is 2.98. The molecule has 1 fully saturated rings. The molecule has 6 heteroatoms. The van der Waals surface area contributed by atoms with Gasteiger partial charge in [-0.05, 0) is 18.3 Å². The van der Waals surface area contributed by atoms with Crippen molar-refractivity contribution >= 4 is 11.8 Å². The summed E-state index contributed by atoms with van der Waals surface area (Å²) in [5.41, 5.74) is 5.68. The van der Waals surface area contributed by atoms with Gasteiger partial charge in [0.15, 0.2) is 0 Å². The third kappa shape index (κ3) is 4.76. The normalized spacial score (nSPS) is 18.8. The fraction of sp³-hybridized carbons (Fsp3) is 0.857. The molecule has 1 heterocycles. The molecule has 116 valence electrons. The number of nitrogens with one attached hydrogen (secondary N) is 1. The third-order valence-corrected chi connectivity index (χ3v) is 3.68. The summed E-state index contributed by atoms with van der Waals surface area (Å²) in [4.78, 5) is 25.5. The van der Waals surface area contributed by atoms with Crippen LogP contribution < -0.4 is 11.1 Å². The first-order valence-electron chi connectivity index (χ1n) is 7.08. The van der Waals surface area contributed by atoms with Crippen LogP contribution in [0.25, 0.3) is 0 Å². The zero-order chi connectivity index (χ0) is 15.3. The Morgan fingerprint density at radius 1 is 1.35 bits per heavy atom. The van der Waals surface area contributed by atoms with Crippen LogP contribution in [-0.4, -0.2) is 55.6 Å². The van der Waals surface area contributed by atoms with E-state index in [1.165, 1.54) is 7.11 Å². The van der Waals surface area contributed by atoms with Crippen LogP contribution in [0, 0.1) is 5.41 Å². The highest BCUT2D eigenvalue weighted by atomic mass is 16.5. The number of methoxy groups -OCH3 is 1. The Kier molecular flexibility index (Phi) is 5.95. The monoisotopic (exact) mass is 285 g/mol. The lowest BCUT2D eigenvalue weighted by atomic mass is 9.86. The zero-order valence-corrected chi connectivity index (χ0v) is 12.9. The molecule has 0 aromatic rings. The lowest BCUT2D eigenvalue weighted by molar-refractivity contribution is -0.136. The van der Waals surface area contributed by atoms with Gasteiger partial charge in [0, 0.05) is 26.2 Å². The SMILES string of the molecule is COCC(=O)N1CCC(NC(=O)[C@H](N)C(C)(C)C)CC1. The molecule has 0 radical (unpaired) electrons. The molecule has 0 spiro atoms. The third-order valence-electron chi connectivity index (χ3n) is 3.68. The topological polar surface area (TPSA) is 84.7 Å². The number of nitrogens with two attached hydrogens (primary N) is 1. The Morgan fingerprint density at radius 3 is 2.35 bits per heavy atom. The van der Waals surface area contributed by atoms with Crippen LogP contribution in [0.15, 0.2) is 0 Å². The summed E-state index contributed by atoms with van der Waals surface area (Å²) in [6.07, 6.45) is 1.52. The minimum atomic E-state index is -0.518. The van der Waals surface area contributed by atoms with Gasteiger partial charge in [0.1, 0.15) is 6.61 Å². The molecule has 1 saturated heterocycles. The molecular weight excluding hydrogens is 258 g/mol. The number of hydrogen-bond acceptors (Lipinski definition) is 4. The number of nitrogens with zero attached hydrogens (tertiary/aromatic N) is 1. The van der Waals surface area contributed by atoms with Gasteiger partial charge >= 0.3 is 0 Å². The Bertz CT molecular complexity index is 344. The lowest BCUT2D eigenvalue weighted by Gasteiger charge is -2.34. The zero-order valence-electron chi connectivity index (χ0n) is 12.9. The maximum atomic E-state index is 12.0. The highest BCUT2D eigenvalue weighted by Crippen LogP contribution is 2.18. The number of piperidine rings is 1. The molecule has 6 nitrogen and oxygen atoms in total. The van der Waals surface area contributed by atoms with Crippen molar-refractivity contribution in [3.8, 4) is 0 Å². The number of carbonyl (C=O) groups excluding carboxylic acids is 2. The van der Waals surface area contributed by atoms with Crippen molar-refractivity contribution in [3.63, 3.8) is 0 Å². The van der Waals surface area contributed by atoms with E-state index in [4.69, 9.17) is 10.5 Å². The van der Waals surface area contributed by atoms with Crippen LogP contribution in [0.4, 0.5) is 0 Å². The predicted octanol–water partition coefficient (Wildman–Crippen LogP) is 0.113. The van der Waals surface area contributed by atoms with E-state index in [2.05, 4.69) is 5.32 Å². The Labute approximate surface area is 121 Å². The van der Waals surface area contributed by atoms with Gasteiger partial charge < -0.3 is 20.7 Å². The number of rotatable bonds is 4. The van der Waals surface area contributed by atoms with E-state index in [9.17, 15) is 9.59 Å². The van der Waals surface area contributed by atoms with Crippen LogP contribution in [0.2, 0.25) is 0 Å². The average Bonchev–Trinajstić information content (AvgIpc) is 2.37. The molecule has 0 aromatic carbocycles. The molecule has 1 atom stereocenters. The van der Waals surface area contributed by atoms with Crippen LogP contribution in [0.1, 0.15) is 33.6 Å². The van der Waals surface area contributed by atoms with Crippen molar-refractivity contribution in [1.29, 1.82) is 0 Å². The highest BCUT2D eigenvalue weighted by molar-refractivity contribution is 5.82. The number of likely N-dealkylation sites (tertiary alicyclic amines) is 1. The molecular formula is C14H27N3O3. The van der Waals surface area contributed by atoms with Crippen LogP contribution in [0.5, 0.6) is 0 Å². The van der Waals surface area contributed by atoms with Gasteiger partial charge in [0.2, 0.25) is 11.8 Å². The van der Waals surface area contributed by atoms with Gasteiger partial charge in [-0.25, -0.2) is 0 Å². The number of ether oxygens (including phenoxy) is 1. The Balaban J connectivity index is 2.39. The molecule has 2 amide bonds. The first kappa shape index (κ1) is 16.9. The summed E-state index contributed by atoms with van der Waals surface area (Å²) >= 11 is 0. The largest absolute Gasteiger partial charge is 0.375 e. The van der Waals surface area contributed by atoms with Crippen molar-refractivity contribution in [2.24, 2.45) is 11.1 Å². The molecule has 1 aliphatic heterocycles. The van der Waals surface area contributed by atoms with E-state index < -0.39 is 6.04 Å². The molecule has 1 aliphatic rings. The van der Waals surface area contributed by atoms with E-state index >= 15 is 0 Å². The summed E-state index contributed by atoms with van der Waals surface area (Å²) in [6, 6.07) is -0.418. The van der Waals surface area contributed by atoms with Gasteiger partial charge in [0.25, 0.3) is 0 Å². The molecule has 0 bridgehead atoms. The molecule has 20 heavy (non-hydrogen) atoms. The summed E-state index contributed by atoms with van der Waals surface area (Å²) in [6.45, 7) is 7.26. The second-order valence-corrected chi connectivity index (χ2v) is 6.44. The van der Waals surface area contributed by atoms with E-state index in [0.29, 0.717) is 13.1 Å². The first-order chi connectivity index (χ1) is 9.25. The Hall–Kier alpha value is -1.14. The fourth-order valence-electron chi connectivity index (χ4n) is 2.17. The van der Waals surface area contributed by atoms with Crippen molar-refractivity contribution < 1.29 is 14.3 Å². The van der Waals surface area contributed by atoms with E-state index in [1.54, 1.807) is 4.90 Å². The number of carbonyl (C=O) groups is 2. The standard InChI is InChI=1S/C14H27N3O3/c1-14(2,3)12(15)13(19)16-10-5-7-17(8-6-10)11(18)9-20-4/h10,12H,5-9,15H2,1-4H3,(H,16,19)/t12-/m0/s1. The lowest BCUT2D eigenvalue weighted by Crippen LogP contribution is -2.54. The maximum Gasteiger partial charge on any atom is 0.248 e. The van der Waals surface area contributed by atoms with E-state index in [0.717, 1.165) is 12.8 Å². The maximum absolute atomic E-state index is 12.0. The molecule has 0 aromatic heterocycles. The van der Waals surface area contributed by atoms with Gasteiger partial charge in [-0.1, -0.05) is 20.8 Å². The van der Waals surface area contributed by atoms with Crippen molar-refractivity contribution in [3.05, 3.63) is 0 Å². The molecule has 3 N–H and O–H groups in total. The summed E-state index contributed by atoms with van der Waals surface area (Å²) in [7, 11) is 1.51. The van der Waals surface area contributed by atoms with Gasteiger partial charge in [-0.15, -0.1) is 0 Å². The smallest absolute Gasteiger partial charge is 0.248 e. The van der Waals surface area contributed by atoms with Crippen LogP contribution >= 0.6 is 0 Å². The quantitative estimate of drug-likeness (QED) is 0.768. The van der Waals surface area contributed by atoms with Crippen molar-refractivity contribution in [2.45, 2.75) is 45.7 Å². The van der Waals surface area contributed by atoms with E-state index in [1.807, 2.05) is 20.8 Å². The van der Waals surface area contributed by atoms with Gasteiger partial charge in [-0.3, -0.25) is 9.59 Å². The predicted molar refractivity (Wildman–Crippen MR) is 77.1 cm³/mol. The van der Waals surface area contributed by atoms with Crippen LogP contribution in [-0.2, 0) is 14.3 Å². The summed E-state index contributed by atoms with van der Waals surface area (Å²) in [5.74, 6) is -0.108. The van der Waals surface area contributed by atoms with Crippen molar-refractivity contribution in [2.75, 3.05) is 26.8 Å². The minimum absolute atomic E-state index is 0.00340. The van der Waals surface area contributed by atoms with Crippen LogP contribution in [0.3, 0.4) is 0 Å². The average molecular weight is 285 g/mol. The Morgan fingerprint density at radius 2 is 1.90 bits per heavy atom. The number of amides is 2. The summed E-state index contributed by atoms with van der Waals surface area (Å²) < 4.78 is 4.84.